The first-order chi connectivity index (χ1) is 9.20. The lowest BCUT2D eigenvalue weighted by Crippen LogP contribution is -2.38. The Hall–Kier alpha value is -1.39. The molecule has 0 aromatic heterocycles. The summed E-state index contributed by atoms with van der Waals surface area (Å²) in [4.78, 5) is 13.4. The van der Waals surface area contributed by atoms with Crippen molar-refractivity contribution in [1.29, 1.82) is 0 Å². The molecule has 0 unspecified atom stereocenters. The van der Waals surface area contributed by atoms with Gasteiger partial charge in [0.2, 0.25) is 0 Å². The van der Waals surface area contributed by atoms with Crippen molar-refractivity contribution in [2.24, 2.45) is 0 Å². The molecule has 0 radical (unpaired) electrons. The molecule has 0 amide bonds. The Bertz CT molecular complexity index is 439. The zero-order valence-corrected chi connectivity index (χ0v) is 11.6. The van der Waals surface area contributed by atoms with Gasteiger partial charge in [0.15, 0.2) is 6.29 Å². The predicted octanol–water partition coefficient (Wildman–Crippen LogP) is 1.83. The summed E-state index contributed by atoms with van der Waals surface area (Å²) in [7, 11) is 0. The Balaban J connectivity index is 1.93. The maximum absolute atomic E-state index is 11.1. The van der Waals surface area contributed by atoms with Crippen LogP contribution in [0.15, 0.2) is 12.1 Å². The number of rotatable bonds is 5. The van der Waals surface area contributed by atoms with Gasteiger partial charge in [0.25, 0.3) is 0 Å². The van der Waals surface area contributed by atoms with Crippen LogP contribution in [-0.2, 0) is 4.74 Å². The molecule has 0 saturated carbocycles. The van der Waals surface area contributed by atoms with Gasteiger partial charge in [-0.15, -0.1) is 0 Å². The van der Waals surface area contributed by atoms with E-state index in [1.807, 2.05) is 26.0 Å². The summed E-state index contributed by atoms with van der Waals surface area (Å²) < 4.78 is 11.1. The summed E-state index contributed by atoms with van der Waals surface area (Å²) in [6.45, 7) is 8.93. The molecule has 19 heavy (non-hydrogen) atoms. The molecule has 1 aromatic rings. The molecule has 1 saturated heterocycles. The maximum Gasteiger partial charge on any atom is 0.153 e. The standard InChI is InChI=1S/C15H21NO3/c1-12-9-13(2)15(14(10-12)11-17)19-8-5-16-3-6-18-7-4-16/h9-11H,3-8H2,1-2H3. The van der Waals surface area contributed by atoms with E-state index in [0.717, 1.165) is 50.3 Å². The largest absolute Gasteiger partial charge is 0.491 e. The van der Waals surface area contributed by atoms with Crippen LogP contribution in [0.25, 0.3) is 0 Å². The molecule has 104 valence electrons. The van der Waals surface area contributed by atoms with E-state index < -0.39 is 0 Å². The van der Waals surface area contributed by atoms with Gasteiger partial charge in [-0.1, -0.05) is 6.07 Å². The van der Waals surface area contributed by atoms with Crippen LogP contribution in [0.3, 0.4) is 0 Å². The zero-order chi connectivity index (χ0) is 13.7. The fourth-order valence-electron chi connectivity index (χ4n) is 2.37. The van der Waals surface area contributed by atoms with Crippen molar-refractivity contribution in [3.63, 3.8) is 0 Å². The molecule has 1 fully saturated rings. The number of morpholine rings is 1. The van der Waals surface area contributed by atoms with Crippen molar-refractivity contribution in [2.75, 3.05) is 39.5 Å². The van der Waals surface area contributed by atoms with Crippen molar-refractivity contribution in [1.82, 2.24) is 4.90 Å². The van der Waals surface area contributed by atoms with E-state index in [1.54, 1.807) is 0 Å². The molecule has 0 aliphatic carbocycles. The van der Waals surface area contributed by atoms with Gasteiger partial charge in [0.1, 0.15) is 12.4 Å². The highest BCUT2D eigenvalue weighted by Crippen LogP contribution is 2.24. The molecule has 1 aromatic carbocycles. The van der Waals surface area contributed by atoms with Crippen molar-refractivity contribution in [3.8, 4) is 5.75 Å². The Kier molecular flexibility index (Phi) is 4.93. The Morgan fingerprint density at radius 2 is 2.05 bits per heavy atom. The molecule has 0 N–H and O–H groups in total. The molecule has 2 rings (SSSR count). The third-order valence-electron chi connectivity index (χ3n) is 3.33. The van der Waals surface area contributed by atoms with Gasteiger partial charge in [-0.25, -0.2) is 0 Å². The van der Waals surface area contributed by atoms with Crippen LogP contribution >= 0.6 is 0 Å². The molecule has 4 heteroatoms. The number of benzene rings is 1. The number of aldehydes is 1. The van der Waals surface area contributed by atoms with Crippen LogP contribution in [0.2, 0.25) is 0 Å². The summed E-state index contributed by atoms with van der Waals surface area (Å²) in [5, 5.41) is 0. The summed E-state index contributed by atoms with van der Waals surface area (Å²) >= 11 is 0. The van der Waals surface area contributed by atoms with E-state index in [1.165, 1.54) is 0 Å². The average Bonchev–Trinajstić information content (AvgIpc) is 2.42. The van der Waals surface area contributed by atoms with Gasteiger partial charge in [-0.05, 0) is 31.0 Å². The number of hydrogen-bond donors (Lipinski definition) is 0. The molecule has 4 nitrogen and oxygen atoms in total. The monoisotopic (exact) mass is 263 g/mol. The second kappa shape index (κ2) is 6.68. The fraction of sp³-hybridized carbons (Fsp3) is 0.533. The minimum Gasteiger partial charge on any atom is -0.491 e. The second-order valence-corrected chi connectivity index (χ2v) is 4.92. The number of ether oxygens (including phenoxy) is 2. The Morgan fingerprint density at radius 3 is 2.74 bits per heavy atom. The number of hydrogen-bond acceptors (Lipinski definition) is 4. The Labute approximate surface area is 114 Å². The van der Waals surface area contributed by atoms with Crippen molar-refractivity contribution < 1.29 is 14.3 Å². The molecule has 0 bridgehead atoms. The van der Waals surface area contributed by atoms with E-state index in [4.69, 9.17) is 9.47 Å². The third kappa shape index (κ3) is 3.78. The molecular weight excluding hydrogens is 242 g/mol. The van der Waals surface area contributed by atoms with Gasteiger partial charge >= 0.3 is 0 Å². The SMILES string of the molecule is Cc1cc(C)c(OCCN2CCOCC2)c(C=O)c1. The minimum atomic E-state index is 0.602. The first-order valence-corrected chi connectivity index (χ1v) is 6.70. The van der Waals surface area contributed by atoms with Gasteiger partial charge in [0, 0.05) is 19.6 Å². The van der Waals surface area contributed by atoms with Crippen molar-refractivity contribution in [2.45, 2.75) is 13.8 Å². The zero-order valence-electron chi connectivity index (χ0n) is 11.6. The summed E-state index contributed by atoms with van der Waals surface area (Å²) in [6, 6.07) is 3.90. The molecule has 0 spiro atoms. The molecule has 0 atom stereocenters. The van der Waals surface area contributed by atoms with Gasteiger partial charge in [-0.2, -0.15) is 0 Å². The van der Waals surface area contributed by atoms with E-state index in [2.05, 4.69) is 4.90 Å². The van der Waals surface area contributed by atoms with Crippen LogP contribution in [-0.4, -0.2) is 50.6 Å². The normalized spacial score (nSPS) is 16.3. The van der Waals surface area contributed by atoms with Gasteiger partial charge in [-0.3, -0.25) is 9.69 Å². The second-order valence-electron chi connectivity index (χ2n) is 4.92. The van der Waals surface area contributed by atoms with E-state index >= 15 is 0 Å². The third-order valence-corrected chi connectivity index (χ3v) is 3.33. The van der Waals surface area contributed by atoms with Crippen LogP contribution in [0.5, 0.6) is 5.75 Å². The Morgan fingerprint density at radius 1 is 1.32 bits per heavy atom. The molecule has 1 aliphatic heterocycles. The minimum absolute atomic E-state index is 0.602. The lowest BCUT2D eigenvalue weighted by molar-refractivity contribution is 0.0322. The molecule has 1 heterocycles. The topological polar surface area (TPSA) is 38.8 Å². The van der Waals surface area contributed by atoms with Crippen LogP contribution in [0.4, 0.5) is 0 Å². The highest BCUT2D eigenvalue weighted by Gasteiger charge is 2.12. The van der Waals surface area contributed by atoms with Crippen molar-refractivity contribution in [3.05, 3.63) is 28.8 Å². The summed E-state index contributed by atoms with van der Waals surface area (Å²) in [5.74, 6) is 0.717. The smallest absolute Gasteiger partial charge is 0.153 e. The average molecular weight is 263 g/mol. The first kappa shape index (κ1) is 14.0. The lowest BCUT2D eigenvalue weighted by Gasteiger charge is -2.26. The van der Waals surface area contributed by atoms with Crippen LogP contribution < -0.4 is 4.74 Å². The number of carbonyl (C=O) groups is 1. The lowest BCUT2D eigenvalue weighted by atomic mass is 10.1. The highest BCUT2D eigenvalue weighted by molar-refractivity contribution is 5.80. The molecule has 1 aliphatic rings. The van der Waals surface area contributed by atoms with Crippen molar-refractivity contribution >= 4 is 6.29 Å². The highest BCUT2D eigenvalue weighted by atomic mass is 16.5. The van der Waals surface area contributed by atoms with Crippen LogP contribution in [0, 0.1) is 13.8 Å². The number of aryl methyl sites for hydroxylation is 2. The maximum atomic E-state index is 11.1. The fourth-order valence-corrected chi connectivity index (χ4v) is 2.37. The first-order valence-electron chi connectivity index (χ1n) is 6.70. The van der Waals surface area contributed by atoms with Crippen LogP contribution in [0.1, 0.15) is 21.5 Å². The van der Waals surface area contributed by atoms with Gasteiger partial charge in [0.05, 0.1) is 18.8 Å². The summed E-state index contributed by atoms with van der Waals surface area (Å²) in [6.07, 6.45) is 0.865. The van der Waals surface area contributed by atoms with E-state index in [-0.39, 0.29) is 0 Å². The number of nitrogens with zero attached hydrogens (tertiary/aromatic N) is 1. The quantitative estimate of drug-likeness (QED) is 0.760. The van der Waals surface area contributed by atoms with E-state index in [0.29, 0.717) is 17.9 Å². The van der Waals surface area contributed by atoms with Gasteiger partial charge < -0.3 is 9.47 Å². The molecular formula is C15H21NO3. The van der Waals surface area contributed by atoms with E-state index in [9.17, 15) is 4.79 Å². The number of carbonyl (C=O) groups excluding carboxylic acids is 1. The predicted molar refractivity (Wildman–Crippen MR) is 74.1 cm³/mol. The summed E-state index contributed by atoms with van der Waals surface area (Å²) in [5.41, 5.74) is 2.74.